The van der Waals surface area contributed by atoms with Crippen LogP contribution >= 0.6 is 0 Å². The van der Waals surface area contributed by atoms with Crippen molar-refractivity contribution in [1.82, 2.24) is 4.90 Å². The molecule has 4 fully saturated rings. The lowest BCUT2D eigenvalue weighted by atomic mass is 9.74. The summed E-state index contributed by atoms with van der Waals surface area (Å²) in [5, 5.41) is 58.4. The van der Waals surface area contributed by atoms with Gasteiger partial charge in [-0.2, -0.15) is 0 Å². The summed E-state index contributed by atoms with van der Waals surface area (Å²) < 4.78 is 37.9. The van der Waals surface area contributed by atoms with E-state index in [1.807, 2.05) is 41.7 Å². The highest BCUT2D eigenvalue weighted by atomic mass is 16.7. The Hall–Kier alpha value is -0.970. The van der Waals surface area contributed by atoms with Gasteiger partial charge in [0.25, 0.3) is 0 Å². The molecule has 0 aromatic carbocycles. The molecule has 1 aliphatic carbocycles. The van der Waals surface area contributed by atoms with E-state index in [2.05, 4.69) is 4.90 Å². The van der Waals surface area contributed by atoms with Gasteiger partial charge in [-0.1, -0.05) is 41.0 Å². The lowest BCUT2D eigenvalue weighted by Gasteiger charge is -2.50. The maximum Gasteiger partial charge on any atom is 0.311 e. The second-order valence-electron chi connectivity index (χ2n) is 17.7. The monoisotopic (exact) mass is 760 g/mol. The fourth-order valence-corrected chi connectivity index (χ4v) is 9.49. The minimum atomic E-state index is -1.66. The van der Waals surface area contributed by atoms with Crippen LogP contribution in [0.3, 0.4) is 0 Å². The maximum atomic E-state index is 14.2. The molecule has 0 bridgehead atoms. The molecule has 53 heavy (non-hydrogen) atoms. The van der Waals surface area contributed by atoms with Gasteiger partial charge in [-0.15, -0.1) is 0 Å². The third kappa shape index (κ3) is 9.77. The predicted molar refractivity (Wildman–Crippen MR) is 198 cm³/mol. The zero-order chi connectivity index (χ0) is 39.7. The molecular formula is C40H73NO12. The number of cyclic esters (lactones) is 1. The summed E-state index contributed by atoms with van der Waals surface area (Å²) >= 11 is 0. The number of carbonyl (C=O) groups excluding carboxylic acids is 1. The summed E-state index contributed by atoms with van der Waals surface area (Å²) in [6.07, 6.45) is -5.08. The van der Waals surface area contributed by atoms with Crippen molar-refractivity contribution < 1.29 is 58.7 Å². The normalized spacial score (nSPS) is 49.9. The molecule has 0 radical (unpaired) electrons. The zero-order valence-electron chi connectivity index (χ0n) is 34.4. The first-order valence-corrected chi connectivity index (χ1v) is 20.2. The number of likely N-dealkylation sites (N-methyl/N-ethyl adjacent to an activating group) is 1. The smallest absolute Gasteiger partial charge is 0.311 e. The van der Waals surface area contributed by atoms with E-state index in [1.54, 1.807) is 34.6 Å². The van der Waals surface area contributed by atoms with Crippen molar-refractivity contribution in [3.05, 3.63) is 0 Å². The van der Waals surface area contributed by atoms with Crippen LogP contribution in [0.15, 0.2) is 0 Å². The van der Waals surface area contributed by atoms with Crippen molar-refractivity contribution >= 4 is 5.97 Å². The Kier molecular flexibility index (Phi) is 15.3. The van der Waals surface area contributed by atoms with E-state index < -0.39 is 108 Å². The molecule has 3 saturated heterocycles. The Morgan fingerprint density at radius 2 is 1.51 bits per heavy atom. The first-order valence-electron chi connectivity index (χ1n) is 20.2. The number of carbonyl (C=O) groups is 1. The van der Waals surface area contributed by atoms with Gasteiger partial charge >= 0.3 is 5.97 Å². The molecule has 4 aliphatic rings. The molecule has 3 heterocycles. The number of rotatable bonds is 8. The van der Waals surface area contributed by atoms with Crippen LogP contribution in [0.1, 0.15) is 114 Å². The number of ether oxygens (including phenoxy) is 6. The van der Waals surface area contributed by atoms with Crippen molar-refractivity contribution in [2.24, 2.45) is 29.6 Å². The lowest BCUT2D eigenvalue weighted by molar-refractivity contribution is -0.319. The van der Waals surface area contributed by atoms with Gasteiger partial charge in [-0.05, 0) is 79.7 Å². The van der Waals surface area contributed by atoms with Gasteiger partial charge < -0.3 is 54.0 Å². The summed E-state index contributed by atoms with van der Waals surface area (Å²) in [7, 11) is 3.55. The minimum Gasteiger partial charge on any atom is -0.462 e. The standard InChI is InChI=1S/C40H73NO12/c1-13-29-22(4)32(43)23(5)31(42)20(2)18-39(9,47)36(53-38-33(44)28(17-21(3)49-38)41(11)27-15-14-16-27)24(6)34(25(7)37(46)51-29)52-30-19-40(10,48-12)35(45)26(8)50-30/h20-36,38,42-45,47H,13-19H2,1-12H3/t20-,21-,22+,23+,24+,25-,26+,28+,29-,30-,31+,32+,33-,34+,35+,36-,38+,39-,40-/m1/s1. The average molecular weight is 760 g/mol. The SMILES string of the molecule is CC[C@H]1OC(=O)[C@H](C)[C@@H](O[C@@H]2C[C@@](C)(OC)[C@@H](O)[C@H](C)O2)[C@H](C)[C@@H](O[C@@H]2O[C@H](C)C[C@H](N(C)C3CCC3)[C@H]2O)[C@](C)(O)C[C@@H](C)[C@H](O)[C@H](C)[C@@H](O)[C@H]1C. The first-order chi connectivity index (χ1) is 24.7. The molecule has 0 spiro atoms. The van der Waals surface area contributed by atoms with Crippen LogP contribution in [0.2, 0.25) is 0 Å². The number of hydrogen-bond donors (Lipinski definition) is 5. The first kappa shape index (κ1) is 44.7. The molecule has 3 aliphatic heterocycles. The van der Waals surface area contributed by atoms with Gasteiger partial charge in [0.2, 0.25) is 0 Å². The van der Waals surface area contributed by atoms with Crippen molar-refractivity contribution in [2.45, 2.75) is 205 Å². The molecule has 1 saturated carbocycles. The second kappa shape index (κ2) is 18.1. The molecule has 19 atom stereocenters. The van der Waals surface area contributed by atoms with Crippen LogP contribution in [0.25, 0.3) is 0 Å². The topological polar surface area (TPSA) is 177 Å². The summed E-state index contributed by atoms with van der Waals surface area (Å²) in [6.45, 7) is 17.9. The van der Waals surface area contributed by atoms with Gasteiger partial charge in [-0.3, -0.25) is 9.69 Å². The molecule has 0 amide bonds. The van der Waals surface area contributed by atoms with Crippen LogP contribution in [0.4, 0.5) is 0 Å². The van der Waals surface area contributed by atoms with Gasteiger partial charge in [0, 0.05) is 43.4 Å². The molecule has 13 heteroatoms. The summed E-state index contributed by atoms with van der Waals surface area (Å²) in [4.78, 5) is 16.4. The van der Waals surface area contributed by atoms with Crippen LogP contribution in [0, 0.1) is 29.6 Å². The van der Waals surface area contributed by atoms with E-state index in [9.17, 15) is 30.3 Å². The molecule has 0 aromatic rings. The number of hydrogen-bond acceptors (Lipinski definition) is 13. The molecule has 13 nitrogen and oxygen atoms in total. The van der Waals surface area contributed by atoms with Crippen molar-refractivity contribution in [3.63, 3.8) is 0 Å². The zero-order valence-corrected chi connectivity index (χ0v) is 34.4. The fraction of sp³-hybridized carbons (Fsp3) is 0.975. The van der Waals surface area contributed by atoms with E-state index in [0.717, 1.165) is 19.3 Å². The van der Waals surface area contributed by atoms with Gasteiger partial charge in [0.05, 0.1) is 53.7 Å². The van der Waals surface area contributed by atoms with Gasteiger partial charge in [0.1, 0.15) is 18.3 Å². The maximum absolute atomic E-state index is 14.2. The Balaban J connectivity index is 1.78. The second-order valence-corrected chi connectivity index (χ2v) is 17.7. The van der Waals surface area contributed by atoms with Gasteiger partial charge in [-0.25, -0.2) is 0 Å². The largest absolute Gasteiger partial charge is 0.462 e. The Morgan fingerprint density at radius 1 is 0.868 bits per heavy atom. The summed E-state index contributed by atoms with van der Waals surface area (Å²) in [5.74, 6) is -3.80. The van der Waals surface area contributed by atoms with Crippen LogP contribution in [0.5, 0.6) is 0 Å². The Bertz CT molecular complexity index is 1170. The summed E-state index contributed by atoms with van der Waals surface area (Å²) in [5.41, 5.74) is -2.66. The van der Waals surface area contributed by atoms with E-state index in [0.29, 0.717) is 18.9 Å². The fourth-order valence-electron chi connectivity index (χ4n) is 9.49. The van der Waals surface area contributed by atoms with Crippen LogP contribution in [-0.2, 0) is 33.2 Å². The number of esters is 1. The third-order valence-corrected chi connectivity index (χ3v) is 13.5. The minimum absolute atomic E-state index is 0.0616. The number of aliphatic hydroxyl groups is 5. The molecule has 0 aromatic heterocycles. The highest BCUT2D eigenvalue weighted by molar-refractivity contribution is 5.73. The van der Waals surface area contributed by atoms with Crippen molar-refractivity contribution in [1.29, 1.82) is 0 Å². The molecule has 0 unspecified atom stereocenters. The molecule has 4 rings (SSSR count). The van der Waals surface area contributed by atoms with Crippen molar-refractivity contribution in [2.75, 3.05) is 14.2 Å². The summed E-state index contributed by atoms with van der Waals surface area (Å²) in [6, 6.07) is 0.130. The van der Waals surface area contributed by atoms with E-state index in [-0.39, 0.29) is 25.0 Å². The molecular weight excluding hydrogens is 686 g/mol. The quantitative estimate of drug-likeness (QED) is 0.228. The molecule has 310 valence electrons. The number of nitrogens with zero attached hydrogens (tertiary/aromatic N) is 1. The van der Waals surface area contributed by atoms with Crippen molar-refractivity contribution in [3.8, 4) is 0 Å². The Morgan fingerprint density at radius 3 is 2.08 bits per heavy atom. The van der Waals surface area contributed by atoms with Crippen LogP contribution in [-0.4, -0.2) is 141 Å². The van der Waals surface area contributed by atoms with E-state index in [4.69, 9.17) is 28.4 Å². The van der Waals surface area contributed by atoms with E-state index in [1.165, 1.54) is 7.11 Å². The van der Waals surface area contributed by atoms with E-state index >= 15 is 0 Å². The van der Waals surface area contributed by atoms with Crippen LogP contribution < -0.4 is 0 Å². The lowest BCUT2D eigenvalue weighted by Crippen LogP contribution is -2.62. The highest BCUT2D eigenvalue weighted by Crippen LogP contribution is 2.41. The highest BCUT2D eigenvalue weighted by Gasteiger charge is 2.52. The number of methoxy groups -OCH3 is 1. The molecule has 5 N–H and O–H groups in total. The number of aliphatic hydroxyl groups excluding tert-OH is 4. The van der Waals surface area contributed by atoms with Gasteiger partial charge in [0.15, 0.2) is 12.6 Å². The third-order valence-electron chi connectivity index (χ3n) is 13.5. The Labute approximate surface area is 318 Å². The average Bonchev–Trinajstić information content (AvgIpc) is 3.08. The predicted octanol–water partition coefficient (Wildman–Crippen LogP) is 3.39.